The van der Waals surface area contributed by atoms with Gasteiger partial charge in [0.05, 0.1) is 11.9 Å². The summed E-state index contributed by atoms with van der Waals surface area (Å²) in [5, 5.41) is 3.15. The highest BCUT2D eigenvalue weighted by Crippen LogP contribution is 2.30. The van der Waals surface area contributed by atoms with Gasteiger partial charge >= 0.3 is 0 Å². The van der Waals surface area contributed by atoms with Gasteiger partial charge < -0.3 is 5.32 Å². The van der Waals surface area contributed by atoms with Crippen LogP contribution in [0.25, 0.3) is 0 Å². The summed E-state index contributed by atoms with van der Waals surface area (Å²) in [6, 6.07) is 15.9. The summed E-state index contributed by atoms with van der Waals surface area (Å²) in [4.78, 5) is 15.1. The van der Waals surface area contributed by atoms with Gasteiger partial charge in [0.25, 0.3) is 5.91 Å². The Balaban J connectivity index is 1.33. The molecule has 154 valence electrons. The zero-order valence-electron chi connectivity index (χ0n) is 16.7. The van der Waals surface area contributed by atoms with Gasteiger partial charge in [0.1, 0.15) is 0 Å². The number of fused-ring (bicyclic) bond motifs is 1. The molecule has 0 aliphatic carbocycles. The molecule has 1 saturated heterocycles. The number of hydrogen-bond donors (Lipinski definition) is 1. The average molecular weight is 414 g/mol. The molecular formula is C22H27N3O3S. The van der Waals surface area contributed by atoms with Gasteiger partial charge in [-0.3, -0.25) is 14.0 Å². The number of carbonyl (C=O) groups is 1. The van der Waals surface area contributed by atoms with Gasteiger partial charge in [-0.25, -0.2) is 8.42 Å². The first-order chi connectivity index (χ1) is 13.9. The summed E-state index contributed by atoms with van der Waals surface area (Å²) in [6.45, 7) is 3.32. The van der Waals surface area contributed by atoms with E-state index >= 15 is 0 Å². The zero-order chi connectivity index (χ0) is 20.4. The van der Waals surface area contributed by atoms with E-state index in [1.54, 1.807) is 12.1 Å². The Bertz CT molecular complexity index is 984. The Labute approximate surface area is 172 Å². The van der Waals surface area contributed by atoms with E-state index in [0.717, 1.165) is 38.0 Å². The summed E-state index contributed by atoms with van der Waals surface area (Å²) >= 11 is 0. The van der Waals surface area contributed by atoms with Gasteiger partial charge in [-0.15, -0.1) is 0 Å². The summed E-state index contributed by atoms with van der Waals surface area (Å²) in [5.41, 5.74) is 3.53. The minimum absolute atomic E-state index is 0.0767. The van der Waals surface area contributed by atoms with Crippen LogP contribution in [0.3, 0.4) is 0 Å². The Hall–Kier alpha value is -2.38. The number of sulfonamides is 1. The molecule has 2 aliphatic rings. The maximum Gasteiger partial charge on any atom is 0.251 e. The second-order valence-electron chi connectivity index (χ2n) is 7.94. The van der Waals surface area contributed by atoms with Crippen molar-refractivity contribution in [3.63, 3.8) is 0 Å². The predicted octanol–water partition coefficient (Wildman–Crippen LogP) is 2.40. The van der Waals surface area contributed by atoms with Crippen LogP contribution in [0.4, 0.5) is 5.69 Å². The fourth-order valence-corrected chi connectivity index (χ4v) is 5.16. The van der Waals surface area contributed by atoms with E-state index in [4.69, 9.17) is 0 Å². The quantitative estimate of drug-likeness (QED) is 0.817. The van der Waals surface area contributed by atoms with Gasteiger partial charge in [0, 0.05) is 37.8 Å². The lowest BCUT2D eigenvalue weighted by molar-refractivity contribution is 0.0909. The molecule has 0 atom stereocenters. The number of amides is 1. The molecule has 2 aromatic rings. The van der Waals surface area contributed by atoms with E-state index in [0.29, 0.717) is 24.2 Å². The molecule has 1 amide bonds. The lowest BCUT2D eigenvalue weighted by atomic mass is 10.0. The summed E-state index contributed by atoms with van der Waals surface area (Å²) in [7, 11) is -3.27. The summed E-state index contributed by atoms with van der Waals surface area (Å²) in [5.74, 6) is -0.0767. The monoisotopic (exact) mass is 413 g/mol. The molecule has 2 aromatic carbocycles. The lowest BCUT2D eigenvalue weighted by Crippen LogP contribution is -2.44. The number of likely N-dealkylation sites (tertiary alicyclic amines) is 1. The van der Waals surface area contributed by atoms with Crippen LogP contribution in [0.2, 0.25) is 0 Å². The second-order valence-corrected chi connectivity index (χ2v) is 9.84. The van der Waals surface area contributed by atoms with E-state index in [1.807, 2.05) is 12.1 Å². The van der Waals surface area contributed by atoms with Gasteiger partial charge in [-0.05, 0) is 48.6 Å². The highest BCUT2D eigenvalue weighted by atomic mass is 32.2. The van der Waals surface area contributed by atoms with E-state index in [9.17, 15) is 13.2 Å². The normalized spacial score (nSPS) is 17.9. The Morgan fingerprint density at radius 2 is 1.79 bits per heavy atom. The van der Waals surface area contributed by atoms with Gasteiger partial charge in [-0.2, -0.15) is 0 Å². The first-order valence-corrected chi connectivity index (χ1v) is 11.9. The van der Waals surface area contributed by atoms with Crippen molar-refractivity contribution in [2.75, 3.05) is 30.2 Å². The third kappa shape index (κ3) is 4.62. The van der Waals surface area contributed by atoms with Crippen LogP contribution in [0.1, 0.15) is 34.3 Å². The number of piperidine rings is 1. The number of carbonyl (C=O) groups excluding carboxylic acids is 1. The van der Waals surface area contributed by atoms with Crippen molar-refractivity contribution >= 4 is 21.6 Å². The molecule has 7 heteroatoms. The van der Waals surface area contributed by atoms with Crippen molar-refractivity contribution in [1.29, 1.82) is 0 Å². The third-order valence-corrected chi connectivity index (χ3v) is 6.95. The largest absolute Gasteiger partial charge is 0.349 e. The van der Waals surface area contributed by atoms with Crippen molar-refractivity contribution in [2.45, 2.75) is 31.8 Å². The molecule has 0 saturated carbocycles. The SMILES string of the molecule is CS(=O)(=O)N1CCc2cc(C(=O)NC3CCN(Cc4ccccc4)CC3)ccc21. The molecule has 1 fully saturated rings. The Kier molecular flexibility index (Phi) is 5.61. The van der Waals surface area contributed by atoms with Crippen LogP contribution >= 0.6 is 0 Å². The minimum atomic E-state index is -3.27. The number of hydrogen-bond acceptors (Lipinski definition) is 4. The van der Waals surface area contributed by atoms with Crippen molar-refractivity contribution in [3.8, 4) is 0 Å². The molecule has 29 heavy (non-hydrogen) atoms. The molecule has 2 aliphatic heterocycles. The van der Waals surface area contributed by atoms with Crippen molar-refractivity contribution < 1.29 is 13.2 Å². The molecule has 0 radical (unpaired) electrons. The van der Waals surface area contributed by atoms with Crippen molar-refractivity contribution in [2.24, 2.45) is 0 Å². The average Bonchev–Trinajstić information content (AvgIpc) is 3.14. The van der Waals surface area contributed by atoms with E-state index in [-0.39, 0.29) is 11.9 Å². The maximum atomic E-state index is 12.7. The molecule has 4 rings (SSSR count). The Morgan fingerprint density at radius 1 is 1.07 bits per heavy atom. The first kappa shape index (κ1) is 19.9. The van der Waals surface area contributed by atoms with Gasteiger partial charge in [0.2, 0.25) is 10.0 Å². The molecule has 2 heterocycles. The summed E-state index contributed by atoms with van der Waals surface area (Å²) < 4.78 is 25.1. The van der Waals surface area contributed by atoms with Gasteiger partial charge in [0.15, 0.2) is 0 Å². The smallest absolute Gasteiger partial charge is 0.251 e. The van der Waals surface area contributed by atoms with Crippen LogP contribution in [-0.4, -0.2) is 51.2 Å². The summed E-state index contributed by atoms with van der Waals surface area (Å²) in [6.07, 6.45) is 3.73. The zero-order valence-corrected chi connectivity index (χ0v) is 17.5. The second kappa shape index (κ2) is 8.16. The third-order valence-electron chi connectivity index (χ3n) is 5.77. The van der Waals surface area contributed by atoms with Crippen LogP contribution in [0.15, 0.2) is 48.5 Å². The molecule has 1 N–H and O–H groups in total. The number of rotatable bonds is 5. The minimum Gasteiger partial charge on any atom is -0.349 e. The maximum absolute atomic E-state index is 12.7. The first-order valence-electron chi connectivity index (χ1n) is 10.1. The van der Waals surface area contributed by atoms with E-state index < -0.39 is 10.0 Å². The topological polar surface area (TPSA) is 69.7 Å². The fourth-order valence-electron chi connectivity index (χ4n) is 4.20. The number of nitrogens with zero attached hydrogens (tertiary/aromatic N) is 2. The fraction of sp³-hybridized carbons (Fsp3) is 0.409. The van der Waals surface area contributed by atoms with Crippen LogP contribution in [-0.2, 0) is 23.0 Å². The van der Waals surface area contributed by atoms with Crippen LogP contribution < -0.4 is 9.62 Å². The predicted molar refractivity (Wildman–Crippen MR) is 115 cm³/mol. The highest BCUT2D eigenvalue weighted by molar-refractivity contribution is 7.92. The molecule has 0 unspecified atom stereocenters. The van der Waals surface area contributed by atoms with E-state index in [2.05, 4.69) is 34.5 Å². The van der Waals surface area contributed by atoms with Gasteiger partial charge in [-0.1, -0.05) is 30.3 Å². The molecule has 0 spiro atoms. The Morgan fingerprint density at radius 3 is 2.48 bits per heavy atom. The van der Waals surface area contributed by atoms with Crippen molar-refractivity contribution in [1.82, 2.24) is 10.2 Å². The highest BCUT2D eigenvalue weighted by Gasteiger charge is 2.27. The number of nitrogens with one attached hydrogen (secondary N) is 1. The van der Waals surface area contributed by atoms with Crippen molar-refractivity contribution in [3.05, 3.63) is 65.2 Å². The molecular weight excluding hydrogens is 386 g/mol. The number of benzene rings is 2. The standard InChI is InChI=1S/C22H27N3O3S/c1-29(27,28)25-14-9-18-15-19(7-8-21(18)25)22(26)23-20-10-12-24(13-11-20)16-17-5-3-2-4-6-17/h2-8,15,20H,9-14,16H2,1H3,(H,23,26). The molecule has 0 aromatic heterocycles. The van der Waals surface area contributed by atoms with Crippen LogP contribution in [0, 0.1) is 0 Å². The molecule has 0 bridgehead atoms. The lowest BCUT2D eigenvalue weighted by Gasteiger charge is -2.32. The number of anilines is 1. The molecule has 6 nitrogen and oxygen atoms in total. The van der Waals surface area contributed by atoms with E-state index in [1.165, 1.54) is 16.1 Å². The van der Waals surface area contributed by atoms with Crippen LogP contribution in [0.5, 0.6) is 0 Å².